The smallest absolute Gasteiger partial charge is 0.225 e. The van der Waals surface area contributed by atoms with Gasteiger partial charge >= 0.3 is 0 Å². The molecule has 4 heteroatoms. The topological polar surface area (TPSA) is 53.4 Å². The maximum atomic E-state index is 12.8. The lowest BCUT2D eigenvalue weighted by molar-refractivity contribution is -0.136. The van der Waals surface area contributed by atoms with E-state index in [0.29, 0.717) is 11.8 Å². The number of likely N-dealkylation sites (tertiary alicyclic amines) is 1. The Morgan fingerprint density at radius 3 is 2.70 bits per heavy atom. The first kappa shape index (κ1) is 18.2. The Balaban J connectivity index is 1.51. The molecule has 0 spiro atoms. The molecule has 4 rings (SSSR count). The first-order valence-corrected chi connectivity index (χ1v) is 10.2. The van der Waals surface area contributed by atoms with Crippen molar-refractivity contribution in [3.63, 3.8) is 0 Å². The molecule has 1 aliphatic carbocycles. The van der Waals surface area contributed by atoms with Crippen LogP contribution >= 0.6 is 0 Å². The maximum Gasteiger partial charge on any atom is 0.225 e. The summed E-state index contributed by atoms with van der Waals surface area (Å²) in [4.78, 5) is 19.8. The molecule has 27 heavy (non-hydrogen) atoms. The van der Waals surface area contributed by atoms with Crippen LogP contribution in [0.4, 0.5) is 0 Å². The first-order chi connectivity index (χ1) is 13.2. The lowest BCUT2D eigenvalue weighted by Crippen LogP contribution is -2.42. The van der Waals surface area contributed by atoms with Gasteiger partial charge in [-0.05, 0) is 49.4 Å². The fraction of sp³-hybridized carbons (Fsp3) is 0.478. The van der Waals surface area contributed by atoms with E-state index >= 15 is 0 Å². The van der Waals surface area contributed by atoms with Gasteiger partial charge in [-0.1, -0.05) is 37.1 Å². The van der Waals surface area contributed by atoms with Crippen LogP contribution in [-0.4, -0.2) is 34.0 Å². The van der Waals surface area contributed by atoms with Crippen LogP contribution in [0.2, 0.25) is 0 Å². The van der Waals surface area contributed by atoms with Crippen LogP contribution in [0.15, 0.2) is 42.5 Å². The van der Waals surface area contributed by atoms with Gasteiger partial charge < -0.3 is 10.0 Å². The molecule has 1 saturated carbocycles. The Morgan fingerprint density at radius 1 is 1.07 bits per heavy atom. The predicted molar refractivity (Wildman–Crippen MR) is 106 cm³/mol. The number of aliphatic hydroxyl groups is 1. The molecule has 1 saturated heterocycles. The number of rotatable bonds is 4. The third-order valence-corrected chi connectivity index (χ3v) is 6.03. The zero-order chi connectivity index (χ0) is 18.6. The van der Waals surface area contributed by atoms with Gasteiger partial charge in [0, 0.05) is 36.2 Å². The van der Waals surface area contributed by atoms with E-state index in [4.69, 9.17) is 4.98 Å². The molecule has 142 valence electrons. The van der Waals surface area contributed by atoms with Crippen LogP contribution in [0.5, 0.6) is 0 Å². The van der Waals surface area contributed by atoms with Crippen LogP contribution in [0.1, 0.15) is 55.7 Å². The molecule has 2 heterocycles. The van der Waals surface area contributed by atoms with Crippen molar-refractivity contribution < 1.29 is 9.90 Å². The Kier molecular flexibility index (Phi) is 5.53. The van der Waals surface area contributed by atoms with E-state index in [1.165, 1.54) is 12.8 Å². The van der Waals surface area contributed by atoms with E-state index in [9.17, 15) is 9.90 Å². The van der Waals surface area contributed by atoms with Crippen molar-refractivity contribution in [3.05, 3.63) is 53.7 Å². The van der Waals surface area contributed by atoms with Gasteiger partial charge in [-0.2, -0.15) is 0 Å². The zero-order valence-electron chi connectivity index (χ0n) is 15.8. The van der Waals surface area contributed by atoms with Crippen molar-refractivity contribution in [2.45, 2.75) is 51.0 Å². The first-order valence-electron chi connectivity index (χ1n) is 10.2. The van der Waals surface area contributed by atoms with Crippen LogP contribution in [0.25, 0.3) is 11.3 Å². The number of aromatic nitrogens is 1. The molecule has 1 atom stereocenters. The minimum absolute atomic E-state index is 0.0361. The second-order valence-electron chi connectivity index (χ2n) is 7.91. The average molecular weight is 364 g/mol. The second-order valence-corrected chi connectivity index (χ2v) is 7.91. The molecular formula is C23H28N2O2. The summed E-state index contributed by atoms with van der Waals surface area (Å²) in [5.41, 5.74) is 3.93. The van der Waals surface area contributed by atoms with Crippen molar-refractivity contribution in [1.29, 1.82) is 0 Å². The summed E-state index contributed by atoms with van der Waals surface area (Å²) in [5, 5.41) is 9.38. The van der Waals surface area contributed by atoms with Crippen molar-refractivity contribution in [3.8, 4) is 11.3 Å². The minimum Gasteiger partial charge on any atom is -0.392 e. The van der Waals surface area contributed by atoms with Gasteiger partial charge in [-0.3, -0.25) is 9.78 Å². The summed E-state index contributed by atoms with van der Waals surface area (Å²) in [6.45, 7) is 1.72. The number of aliphatic hydroxyl groups excluding tert-OH is 1. The Morgan fingerprint density at radius 2 is 1.89 bits per heavy atom. The summed E-state index contributed by atoms with van der Waals surface area (Å²) in [7, 11) is 0. The Labute approximate surface area is 161 Å². The molecule has 4 nitrogen and oxygen atoms in total. The second kappa shape index (κ2) is 8.22. The number of benzene rings is 1. The number of hydrogen-bond donors (Lipinski definition) is 1. The van der Waals surface area contributed by atoms with Gasteiger partial charge in [0.15, 0.2) is 0 Å². The molecule has 0 unspecified atom stereocenters. The standard InChI is InChI=1S/C23H28N2O2/c26-16-17-6-3-9-19(14-17)21-11-4-12-22(24-21)20-10-5-13-25(15-20)23(27)18-7-1-2-8-18/h3-4,6,9,11-12,14,18,20,26H,1-2,5,7-8,10,13,15-16H2/t20-/m1/s1. The van der Waals surface area contributed by atoms with Crippen molar-refractivity contribution in [2.24, 2.45) is 5.92 Å². The van der Waals surface area contributed by atoms with E-state index in [1.807, 2.05) is 30.3 Å². The van der Waals surface area contributed by atoms with Gasteiger partial charge in [0.2, 0.25) is 5.91 Å². The fourth-order valence-corrected chi connectivity index (χ4v) is 4.52. The van der Waals surface area contributed by atoms with E-state index in [2.05, 4.69) is 17.0 Å². The molecule has 2 aliphatic rings. The van der Waals surface area contributed by atoms with Gasteiger partial charge in [0.1, 0.15) is 0 Å². The summed E-state index contributed by atoms with van der Waals surface area (Å²) >= 11 is 0. The molecule has 1 N–H and O–H groups in total. The normalized spacial score (nSPS) is 20.8. The van der Waals surface area contributed by atoms with E-state index in [-0.39, 0.29) is 12.5 Å². The Bertz CT molecular complexity index is 798. The maximum absolute atomic E-state index is 12.8. The number of piperidine rings is 1. The van der Waals surface area contributed by atoms with Gasteiger partial charge in [0.25, 0.3) is 0 Å². The molecule has 0 bridgehead atoms. The average Bonchev–Trinajstić information content (AvgIpc) is 3.28. The van der Waals surface area contributed by atoms with Crippen LogP contribution in [0.3, 0.4) is 0 Å². The van der Waals surface area contributed by atoms with Crippen molar-refractivity contribution in [1.82, 2.24) is 9.88 Å². The van der Waals surface area contributed by atoms with Crippen molar-refractivity contribution >= 4 is 5.91 Å². The third kappa shape index (κ3) is 4.06. The van der Waals surface area contributed by atoms with Gasteiger partial charge in [0.05, 0.1) is 12.3 Å². The summed E-state index contributed by atoms with van der Waals surface area (Å²) in [6, 6.07) is 14.1. The van der Waals surface area contributed by atoms with Crippen LogP contribution in [-0.2, 0) is 11.4 Å². The summed E-state index contributed by atoms with van der Waals surface area (Å²) in [5.74, 6) is 0.929. The number of carbonyl (C=O) groups excluding carboxylic acids is 1. The number of nitrogens with zero attached hydrogens (tertiary/aromatic N) is 2. The van der Waals surface area contributed by atoms with E-state index < -0.39 is 0 Å². The van der Waals surface area contributed by atoms with Gasteiger partial charge in [-0.15, -0.1) is 0 Å². The van der Waals surface area contributed by atoms with Crippen LogP contribution < -0.4 is 0 Å². The summed E-state index contributed by atoms with van der Waals surface area (Å²) in [6.07, 6.45) is 6.66. The Hall–Kier alpha value is -2.20. The number of carbonyl (C=O) groups is 1. The quantitative estimate of drug-likeness (QED) is 0.887. The fourth-order valence-electron chi connectivity index (χ4n) is 4.52. The highest BCUT2D eigenvalue weighted by Gasteiger charge is 2.31. The largest absolute Gasteiger partial charge is 0.392 e. The molecule has 2 fully saturated rings. The molecule has 2 aromatic rings. The number of hydrogen-bond acceptors (Lipinski definition) is 3. The van der Waals surface area contributed by atoms with E-state index in [1.54, 1.807) is 0 Å². The summed E-state index contributed by atoms with van der Waals surface area (Å²) < 4.78 is 0. The highest BCUT2D eigenvalue weighted by atomic mass is 16.3. The highest BCUT2D eigenvalue weighted by molar-refractivity contribution is 5.79. The molecule has 1 aromatic heterocycles. The van der Waals surface area contributed by atoms with E-state index in [0.717, 1.165) is 61.3 Å². The molecule has 1 aromatic carbocycles. The lowest BCUT2D eigenvalue weighted by Gasteiger charge is -2.34. The third-order valence-electron chi connectivity index (χ3n) is 6.03. The molecular weight excluding hydrogens is 336 g/mol. The monoisotopic (exact) mass is 364 g/mol. The van der Waals surface area contributed by atoms with Gasteiger partial charge in [-0.25, -0.2) is 0 Å². The van der Waals surface area contributed by atoms with Crippen LogP contribution in [0, 0.1) is 5.92 Å². The molecule has 0 radical (unpaired) electrons. The number of amides is 1. The zero-order valence-corrected chi connectivity index (χ0v) is 15.8. The molecule has 1 amide bonds. The molecule has 1 aliphatic heterocycles. The highest BCUT2D eigenvalue weighted by Crippen LogP contribution is 2.32. The lowest BCUT2D eigenvalue weighted by atomic mass is 9.92. The SMILES string of the molecule is O=C(C1CCCC1)N1CCC[C@@H](c2cccc(-c3cccc(CO)c3)n2)C1. The number of pyridine rings is 1. The minimum atomic E-state index is 0.0361. The predicted octanol–water partition coefficient (Wildman–Crippen LogP) is 4.14. The van der Waals surface area contributed by atoms with Crippen molar-refractivity contribution in [2.75, 3.05) is 13.1 Å².